The molecule has 2 nitrogen and oxygen atoms in total. The molecular weight excluding hydrogens is 396 g/mol. The summed E-state index contributed by atoms with van der Waals surface area (Å²) in [6.45, 7) is 4.26. The average molecular weight is 414 g/mol. The van der Waals surface area contributed by atoms with Crippen LogP contribution in [0.15, 0.2) is 34.8 Å². The van der Waals surface area contributed by atoms with Gasteiger partial charge in [-0.3, -0.25) is 0 Å². The molecule has 0 fully saturated rings. The van der Waals surface area contributed by atoms with Gasteiger partial charge in [0.05, 0.1) is 19.0 Å². The van der Waals surface area contributed by atoms with Gasteiger partial charge in [0, 0.05) is 4.47 Å². The number of aryl methyl sites for hydroxylation is 2. The lowest BCUT2D eigenvalue weighted by atomic mass is 9.96. The summed E-state index contributed by atoms with van der Waals surface area (Å²) in [6, 6.07) is 10.3. The summed E-state index contributed by atoms with van der Waals surface area (Å²) in [5.41, 5.74) is 4.92. The smallest absolute Gasteiger partial charge is 0.161 e. The lowest BCUT2D eigenvalue weighted by molar-refractivity contribution is 0.354. The van der Waals surface area contributed by atoms with Crippen molar-refractivity contribution < 1.29 is 9.47 Å². The minimum absolute atomic E-state index is 0.0906. The van der Waals surface area contributed by atoms with E-state index in [0.29, 0.717) is 5.75 Å². The van der Waals surface area contributed by atoms with Crippen molar-refractivity contribution in [3.63, 3.8) is 0 Å². The summed E-state index contributed by atoms with van der Waals surface area (Å²) in [5, 5.41) is 0. The van der Waals surface area contributed by atoms with Crippen molar-refractivity contribution in [1.82, 2.24) is 0 Å². The van der Waals surface area contributed by atoms with E-state index < -0.39 is 0 Å². The number of halogens is 2. The molecule has 21 heavy (non-hydrogen) atoms. The van der Waals surface area contributed by atoms with Gasteiger partial charge in [0.15, 0.2) is 11.5 Å². The highest BCUT2D eigenvalue weighted by Gasteiger charge is 2.20. The maximum atomic E-state index is 5.41. The van der Waals surface area contributed by atoms with E-state index >= 15 is 0 Å². The van der Waals surface area contributed by atoms with Gasteiger partial charge in [-0.1, -0.05) is 50.1 Å². The summed E-state index contributed by atoms with van der Waals surface area (Å²) in [7, 11) is 3.29. The van der Waals surface area contributed by atoms with Crippen molar-refractivity contribution in [2.75, 3.05) is 14.2 Å². The van der Waals surface area contributed by atoms with Crippen molar-refractivity contribution in [1.29, 1.82) is 0 Å². The van der Waals surface area contributed by atoms with E-state index in [0.717, 1.165) is 15.8 Å². The van der Waals surface area contributed by atoms with Crippen molar-refractivity contribution in [3.8, 4) is 11.5 Å². The number of rotatable bonds is 4. The summed E-state index contributed by atoms with van der Waals surface area (Å²) in [6.07, 6.45) is 0. The molecule has 0 N–H and O–H groups in total. The molecule has 0 bridgehead atoms. The quantitative estimate of drug-likeness (QED) is 0.610. The van der Waals surface area contributed by atoms with Crippen LogP contribution >= 0.6 is 31.9 Å². The standard InChI is InChI=1S/C17H18Br2O2/c1-10-6-5-7-11(2)16(10)17(19)12-8-14(20-3)15(21-4)9-13(12)18/h5-9,17H,1-4H3. The fourth-order valence-corrected chi connectivity index (χ4v) is 4.41. The first-order chi connectivity index (χ1) is 9.99. The van der Waals surface area contributed by atoms with Gasteiger partial charge in [-0.05, 0) is 48.2 Å². The summed E-state index contributed by atoms with van der Waals surface area (Å²) in [4.78, 5) is 0.0906. The van der Waals surface area contributed by atoms with E-state index in [4.69, 9.17) is 9.47 Å². The van der Waals surface area contributed by atoms with Crippen LogP contribution in [-0.4, -0.2) is 14.2 Å². The summed E-state index contributed by atoms with van der Waals surface area (Å²) in [5.74, 6) is 1.45. The first-order valence-corrected chi connectivity index (χ1v) is 8.32. The molecule has 1 atom stereocenters. The fraction of sp³-hybridized carbons (Fsp3) is 0.294. The van der Waals surface area contributed by atoms with Gasteiger partial charge in [-0.2, -0.15) is 0 Å². The zero-order valence-electron chi connectivity index (χ0n) is 12.5. The molecule has 4 heteroatoms. The Labute approximate surface area is 142 Å². The lowest BCUT2D eigenvalue weighted by Crippen LogP contribution is -2.01. The monoisotopic (exact) mass is 412 g/mol. The molecule has 1 unspecified atom stereocenters. The third-order valence-electron chi connectivity index (χ3n) is 3.57. The van der Waals surface area contributed by atoms with E-state index in [9.17, 15) is 0 Å². The van der Waals surface area contributed by atoms with Crippen LogP contribution in [0.4, 0.5) is 0 Å². The molecule has 0 amide bonds. The molecule has 0 radical (unpaired) electrons. The second kappa shape index (κ2) is 6.84. The molecule has 2 aromatic rings. The molecule has 0 aliphatic rings. The fourth-order valence-electron chi connectivity index (χ4n) is 2.45. The number of hydrogen-bond donors (Lipinski definition) is 0. The Morgan fingerprint density at radius 1 is 0.952 bits per heavy atom. The molecule has 0 saturated heterocycles. The van der Waals surface area contributed by atoms with Gasteiger partial charge in [0.25, 0.3) is 0 Å². The Morgan fingerprint density at radius 3 is 2.00 bits per heavy atom. The molecule has 0 aromatic heterocycles. The highest BCUT2D eigenvalue weighted by molar-refractivity contribution is 9.11. The number of methoxy groups -OCH3 is 2. The number of ether oxygens (including phenoxy) is 2. The number of hydrogen-bond acceptors (Lipinski definition) is 2. The Balaban J connectivity index is 2.56. The SMILES string of the molecule is COc1cc(Br)c(C(Br)c2c(C)cccc2C)cc1OC. The zero-order valence-corrected chi connectivity index (χ0v) is 15.7. The van der Waals surface area contributed by atoms with Gasteiger partial charge >= 0.3 is 0 Å². The third kappa shape index (κ3) is 3.27. The van der Waals surface area contributed by atoms with E-state index in [-0.39, 0.29) is 4.83 Å². The Hall–Kier alpha value is -1.00. The maximum absolute atomic E-state index is 5.41. The Bertz CT molecular complexity index is 633. The average Bonchev–Trinajstić information content (AvgIpc) is 2.46. The first-order valence-electron chi connectivity index (χ1n) is 6.61. The lowest BCUT2D eigenvalue weighted by Gasteiger charge is -2.19. The van der Waals surface area contributed by atoms with Crippen LogP contribution in [-0.2, 0) is 0 Å². The van der Waals surface area contributed by atoms with Crippen molar-refractivity contribution in [3.05, 3.63) is 57.1 Å². The van der Waals surface area contributed by atoms with Crippen molar-refractivity contribution in [2.45, 2.75) is 18.7 Å². The largest absolute Gasteiger partial charge is 0.493 e. The van der Waals surface area contributed by atoms with Gasteiger partial charge in [-0.25, -0.2) is 0 Å². The minimum atomic E-state index is 0.0906. The van der Waals surface area contributed by atoms with Crippen LogP contribution in [0, 0.1) is 13.8 Å². The van der Waals surface area contributed by atoms with E-state index in [1.165, 1.54) is 16.7 Å². The predicted molar refractivity (Wildman–Crippen MR) is 93.9 cm³/mol. The van der Waals surface area contributed by atoms with Crippen LogP contribution in [0.3, 0.4) is 0 Å². The van der Waals surface area contributed by atoms with Crippen LogP contribution in [0.5, 0.6) is 11.5 Å². The third-order valence-corrected chi connectivity index (χ3v) is 5.21. The second-order valence-corrected chi connectivity index (χ2v) is 6.67. The molecule has 0 aliphatic carbocycles. The molecule has 0 heterocycles. The topological polar surface area (TPSA) is 18.5 Å². The first kappa shape index (κ1) is 16.4. The molecular formula is C17H18Br2O2. The van der Waals surface area contributed by atoms with Crippen LogP contribution in [0.25, 0.3) is 0 Å². The van der Waals surface area contributed by atoms with Gasteiger partial charge in [-0.15, -0.1) is 0 Å². The summed E-state index contributed by atoms with van der Waals surface area (Å²) >= 11 is 7.46. The highest BCUT2D eigenvalue weighted by atomic mass is 79.9. The molecule has 0 spiro atoms. The van der Waals surface area contributed by atoms with E-state index in [1.54, 1.807) is 14.2 Å². The Morgan fingerprint density at radius 2 is 1.48 bits per heavy atom. The summed E-state index contributed by atoms with van der Waals surface area (Å²) < 4.78 is 11.7. The minimum Gasteiger partial charge on any atom is -0.493 e. The van der Waals surface area contributed by atoms with Crippen molar-refractivity contribution in [2.24, 2.45) is 0 Å². The van der Waals surface area contributed by atoms with Crippen LogP contribution in [0.2, 0.25) is 0 Å². The molecule has 112 valence electrons. The second-order valence-electron chi connectivity index (χ2n) is 4.90. The molecule has 2 aromatic carbocycles. The predicted octanol–water partition coefficient (Wildman–Crippen LogP) is 5.57. The highest BCUT2D eigenvalue weighted by Crippen LogP contribution is 2.43. The number of benzene rings is 2. The molecule has 0 aliphatic heterocycles. The number of alkyl halides is 1. The van der Waals surface area contributed by atoms with Crippen LogP contribution < -0.4 is 9.47 Å². The van der Waals surface area contributed by atoms with E-state index in [2.05, 4.69) is 63.9 Å². The van der Waals surface area contributed by atoms with Gasteiger partial charge in [0.2, 0.25) is 0 Å². The Kier molecular flexibility index (Phi) is 5.33. The zero-order chi connectivity index (χ0) is 15.6. The maximum Gasteiger partial charge on any atom is 0.161 e. The van der Waals surface area contributed by atoms with Gasteiger partial charge in [0.1, 0.15) is 0 Å². The van der Waals surface area contributed by atoms with Crippen LogP contribution in [0.1, 0.15) is 27.1 Å². The molecule has 0 saturated carbocycles. The van der Waals surface area contributed by atoms with Gasteiger partial charge < -0.3 is 9.47 Å². The van der Waals surface area contributed by atoms with Crippen molar-refractivity contribution >= 4 is 31.9 Å². The van der Waals surface area contributed by atoms with E-state index in [1.807, 2.05) is 12.1 Å². The normalized spacial score (nSPS) is 12.1. The molecule has 2 rings (SSSR count).